The van der Waals surface area contributed by atoms with Crippen LogP contribution in [0.3, 0.4) is 0 Å². The van der Waals surface area contributed by atoms with E-state index in [1.54, 1.807) is 18.2 Å². The first-order valence-corrected chi connectivity index (χ1v) is 28.0. The molecule has 0 amide bonds. The van der Waals surface area contributed by atoms with Crippen LogP contribution in [-0.4, -0.2) is 11.6 Å². The number of nitrogens with zero attached hydrogens (tertiary/aromatic N) is 2. The second-order valence-corrected chi connectivity index (χ2v) is 20.4. The van der Waals surface area contributed by atoms with Gasteiger partial charge in [-0.25, -0.2) is 0 Å². The van der Waals surface area contributed by atoms with Crippen molar-refractivity contribution in [2.45, 2.75) is 108 Å². The Bertz CT molecular complexity index is 3240. The highest BCUT2D eigenvalue weighted by molar-refractivity contribution is 5.91. The standard InChI is InChI=1S/C29H29N.C27H25N.C8H14.C6H10.C4H6.C2H6/c1-4-23-13-9-10-16-28(23)30(3)27-18-17-25(24-14-7-5-8-15-24)21-26(22-27)29(2)19-11-6-12-20-29;1-5-10-25-18(2)20-11-7-9-14-26(20)28(25)19-15-16-24-22(17-19)21-12-6-8-13-23(21)27(24,3)4;1-4-6-7-8(3)5-2;1-4-5-6(2)3;1-3-4-2;1-2/h5-17,19,21-22H,4,20H2,1-3H3;5-17H,1-4H3;4-6,8H,2,7H2,1,3H3;4-5H,1H2,2-3H3;3-4H,1-2H2;1-2H3/b;10-5-;6-4-;;;. The molecule has 0 aliphatic heterocycles. The highest BCUT2D eigenvalue weighted by atomic mass is 15.1. The summed E-state index contributed by atoms with van der Waals surface area (Å²) in [4.78, 5) is 2.27. The topological polar surface area (TPSA) is 8.17 Å². The van der Waals surface area contributed by atoms with Crippen LogP contribution in [0.15, 0.2) is 261 Å². The average molecular weight is 1030 g/mol. The smallest absolute Gasteiger partial charge is 0.0844 e. The van der Waals surface area contributed by atoms with Gasteiger partial charge in [-0.05, 0) is 158 Å². The van der Waals surface area contributed by atoms with E-state index in [9.17, 15) is 0 Å². The number of allylic oxidation sites excluding steroid dienone is 17. The molecule has 9 rings (SSSR count). The molecule has 5 aromatic carbocycles. The van der Waals surface area contributed by atoms with Crippen molar-refractivity contribution in [2.24, 2.45) is 11.3 Å². The minimum atomic E-state index is -0.0367. The molecule has 2 atom stereocenters. The molecular formula is C76H90N2. The minimum absolute atomic E-state index is 0.0367. The molecule has 78 heavy (non-hydrogen) atoms. The highest BCUT2D eigenvalue weighted by Gasteiger charge is 2.35. The summed E-state index contributed by atoms with van der Waals surface area (Å²) in [7, 11) is 2.14. The van der Waals surface area contributed by atoms with E-state index >= 15 is 0 Å². The Morgan fingerprint density at radius 1 is 0.756 bits per heavy atom. The lowest BCUT2D eigenvalue weighted by atomic mass is 9.75. The van der Waals surface area contributed by atoms with Gasteiger partial charge >= 0.3 is 0 Å². The van der Waals surface area contributed by atoms with Gasteiger partial charge in [0.2, 0.25) is 0 Å². The van der Waals surface area contributed by atoms with Crippen LogP contribution in [0.25, 0.3) is 39.4 Å². The number of fused-ring (bicyclic) bond motifs is 4. The summed E-state index contributed by atoms with van der Waals surface area (Å²) in [6.45, 7) is 39.7. The first-order valence-electron chi connectivity index (χ1n) is 28.0. The molecule has 0 spiro atoms. The largest absolute Gasteiger partial charge is 0.338 e. The third kappa shape index (κ3) is 16.1. The van der Waals surface area contributed by atoms with Crippen molar-refractivity contribution in [3.8, 4) is 16.8 Å². The molecule has 0 fully saturated rings. The number of aryl methyl sites for hydroxylation is 2. The van der Waals surface area contributed by atoms with Gasteiger partial charge in [-0.1, -0.05) is 249 Å². The predicted molar refractivity (Wildman–Crippen MR) is 350 cm³/mol. The molecule has 0 bridgehead atoms. The Labute approximate surface area is 473 Å². The molecule has 3 aliphatic carbocycles. The lowest BCUT2D eigenvalue weighted by Gasteiger charge is -2.30. The number of rotatable bonds is 12. The minimum Gasteiger partial charge on any atom is -0.338 e. The third-order valence-electron chi connectivity index (χ3n) is 14.2. The van der Waals surface area contributed by atoms with Gasteiger partial charge in [0.05, 0.1) is 11.2 Å². The van der Waals surface area contributed by atoms with Crippen LogP contribution in [0, 0.1) is 18.3 Å². The van der Waals surface area contributed by atoms with E-state index in [2.05, 4.69) is 285 Å². The number of hydrogen-bond donors (Lipinski definition) is 0. The maximum absolute atomic E-state index is 3.68. The van der Waals surface area contributed by atoms with Crippen LogP contribution in [0.5, 0.6) is 0 Å². The lowest BCUT2D eigenvalue weighted by molar-refractivity contribution is 0.530. The molecule has 0 saturated heterocycles. The summed E-state index contributed by atoms with van der Waals surface area (Å²) in [5, 5.41) is 1.32. The number of benzene rings is 5. The summed E-state index contributed by atoms with van der Waals surface area (Å²) in [6, 6.07) is 43.7. The number of para-hydroxylation sites is 2. The Morgan fingerprint density at radius 2 is 1.41 bits per heavy atom. The number of aromatic nitrogens is 1. The second-order valence-electron chi connectivity index (χ2n) is 20.4. The van der Waals surface area contributed by atoms with E-state index in [1.807, 2.05) is 46.8 Å². The van der Waals surface area contributed by atoms with Gasteiger partial charge < -0.3 is 9.47 Å². The molecule has 2 nitrogen and oxygen atoms in total. The zero-order chi connectivity index (χ0) is 57.3. The SMILES string of the molecule is C/C=C\c1c(C)c2ccccc2n1-c1ccc2c(c1)-c1ccccc1C2(C)C.C=CC(C)C/C=C\C.C=CC=C.C=CC=C(C)C.CC.CCc1ccccc1N(C)C1=C=CC(c2ccccc2)=CC(C2(C)C=CC=CC2)=C1. The van der Waals surface area contributed by atoms with Crippen LogP contribution in [0.2, 0.25) is 0 Å². The Morgan fingerprint density at radius 3 is 2.03 bits per heavy atom. The van der Waals surface area contributed by atoms with Gasteiger partial charge in [0.15, 0.2) is 0 Å². The zero-order valence-electron chi connectivity index (χ0n) is 49.7. The molecule has 1 aromatic heterocycles. The van der Waals surface area contributed by atoms with E-state index in [-0.39, 0.29) is 10.8 Å². The van der Waals surface area contributed by atoms with Gasteiger partial charge in [0.25, 0.3) is 0 Å². The fourth-order valence-corrected chi connectivity index (χ4v) is 9.71. The van der Waals surface area contributed by atoms with Crippen molar-refractivity contribution < 1.29 is 0 Å². The quantitative estimate of drug-likeness (QED) is 0.0674. The second kappa shape index (κ2) is 31.4. The summed E-state index contributed by atoms with van der Waals surface area (Å²) >= 11 is 0. The predicted octanol–water partition coefficient (Wildman–Crippen LogP) is 21.8. The van der Waals surface area contributed by atoms with Crippen molar-refractivity contribution in [1.29, 1.82) is 0 Å². The molecule has 2 heteroatoms. The van der Waals surface area contributed by atoms with Crippen molar-refractivity contribution in [1.82, 2.24) is 4.57 Å². The molecule has 2 unspecified atom stereocenters. The normalized spacial score (nSPS) is 15.4. The van der Waals surface area contributed by atoms with E-state index in [1.165, 1.54) is 83.6 Å². The molecular weight excluding hydrogens is 941 g/mol. The molecule has 1 heterocycles. The molecule has 0 radical (unpaired) electrons. The third-order valence-corrected chi connectivity index (χ3v) is 14.2. The fraction of sp³-hybridized carbons (Fsp3) is 0.250. The van der Waals surface area contributed by atoms with Crippen LogP contribution in [-0.2, 0) is 11.8 Å². The van der Waals surface area contributed by atoms with Gasteiger partial charge in [-0.15, -0.1) is 6.58 Å². The first kappa shape index (κ1) is 62.6. The number of likely N-dealkylation sites (N-methyl/N-ethyl adjacent to an activating group) is 1. The summed E-state index contributed by atoms with van der Waals surface area (Å²) < 4.78 is 2.40. The van der Waals surface area contributed by atoms with Gasteiger partial charge in [-0.3, -0.25) is 0 Å². The van der Waals surface area contributed by atoms with E-state index < -0.39 is 0 Å². The number of anilines is 1. The highest BCUT2D eigenvalue weighted by Crippen LogP contribution is 2.49. The lowest BCUT2D eigenvalue weighted by Crippen LogP contribution is -2.20. The zero-order valence-corrected chi connectivity index (χ0v) is 49.7. The van der Waals surface area contributed by atoms with Crippen LogP contribution >= 0.6 is 0 Å². The Hall–Kier alpha value is -7.90. The van der Waals surface area contributed by atoms with Crippen molar-refractivity contribution in [3.63, 3.8) is 0 Å². The number of hydrogen-bond acceptors (Lipinski definition) is 1. The monoisotopic (exact) mass is 1030 g/mol. The Kier molecular flexibility index (Phi) is 25.2. The van der Waals surface area contributed by atoms with E-state index in [0.717, 1.165) is 25.0 Å². The molecule has 0 N–H and O–H groups in total. The van der Waals surface area contributed by atoms with Crippen LogP contribution in [0.4, 0.5) is 5.69 Å². The molecule has 3 aliphatic rings. The molecule has 6 aromatic rings. The molecule has 0 saturated carbocycles. The van der Waals surface area contributed by atoms with E-state index in [4.69, 9.17) is 0 Å². The summed E-state index contributed by atoms with van der Waals surface area (Å²) in [6.07, 6.45) is 36.4. The first-order chi connectivity index (χ1) is 37.6. The molecule has 404 valence electrons. The van der Waals surface area contributed by atoms with Crippen LogP contribution in [0.1, 0.15) is 123 Å². The maximum atomic E-state index is 3.68. The average Bonchev–Trinajstić information content (AvgIpc) is 3.79. The van der Waals surface area contributed by atoms with Crippen molar-refractivity contribution in [2.75, 3.05) is 11.9 Å². The van der Waals surface area contributed by atoms with Crippen LogP contribution < -0.4 is 4.90 Å². The van der Waals surface area contributed by atoms with Gasteiger partial charge in [-0.2, -0.15) is 0 Å². The fourth-order valence-electron chi connectivity index (χ4n) is 9.71. The van der Waals surface area contributed by atoms with Gasteiger partial charge in [0, 0.05) is 40.3 Å². The van der Waals surface area contributed by atoms with Gasteiger partial charge in [0.1, 0.15) is 0 Å². The Balaban J connectivity index is 0.000000251. The maximum Gasteiger partial charge on any atom is 0.0844 e. The summed E-state index contributed by atoms with van der Waals surface area (Å²) in [5.41, 5.74) is 22.9. The van der Waals surface area contributed by atoms with E-state index in [0.29, 0.717) is 5.92 Å². The van der Waals surface area contributed by atoms with Crippen molar-refractivity contribution in [3.05, 3.63) is 295 Å². The van der Waals surface area contributed by atoms with Crippen molar-refractivity contribution >= 4 is 28.2 Å². The summed E-state index contributed by atoms with van der Waals surface area (Å²) in [5.74, 6) is 0.631.